The smallest absolute Gasteiger partial charge is 0.145 e. The lowest BCUT2D eigenvalue weighted by Crippen LogP contribution is -1.97. The molecule has 0 spiro atoms. The van der Waals surface area contributed by atoms with Gasteiger partial charge in [-0.2, -0.15) is 15.3 Å². The van der Waals surface area contributed by atoms with Gasteiger partial charge in [-0.05, 0) is 30.3 Å². The SMILES string of the molecule is N#CC(C#N)=CNc1ccc2nn(-c3ccccc3)nc2c1. The van der Waals surface area contributed by atoms with E-state index in [-0.39, 0.29) is 5.57 Å². The molecule has 0 radical (unpaired) electrons. The zero-order chi connectivity index (χ0) is 15.4. The van der Waals surface area contributed by atoms with E-state index in [1.54, 1.807) is 16.9 Å². The molecular weight excluding hydrogens is 276 g/mol. The van der Waals surface area contributed by atoms with Crippen LogP contribution in [-0.2, 0) is 0 Å². The van der Waals surface area contributed by atoms with E-state index in [2.05, 4.69) is 15.5 Å². The predicted octanol–water partition coefficient (Wildman–Crippen LogP) is 2.76. The fourth-order valence-corrected chi connectivity index (χ4v) is 1.93. The van der Waals surface area contributed by atoms with E-state index in [9.17, 15) is 0 Å². The van der Waals surface area contributed by atoms with Crippen LogP contribution in [0.2, 0.25) is 0 Å². The van der Waals surface area contributed by atoms with E-state index < -0.39 is 0 Å². The van der Waals surface area contributed by atoms with Crippen LogP contribution < -0.4 is 5.32 Å². The number of aromatic nitrogens is 3. The summed E-state index contributed by atoms with van der Waals surface area (Å²) in [6.45, 7) is 0. The molecule has 22 heavy (non-hydrogen) atoms. The second-order valence-electron chi connectivity index (χ2n) is 4.45. The summed E-state index contributed by atoms with van der Waals surface area (Å²) >= 11 is 0. The van der Waals surface area contributed by atoms with Crippen molar-refractivity contribution >= 4 is 16.7 Å². The van der Waals surface area contributed by atoms with Crippen LogP contribution in [-0.4, -0.2) is 15.0 Å². The summed E-state index contributed by atoms with van der Waals surface area (Å²) < 4.78 is 0. The quantitative estimate of drug-likeness (QED) is 0.747. The van der Waals surface area contributed by atoms with Crippen LogP contribution in [0.4, 0.5) is 5.69 Å². The van der Waals surface area contributed by atoms with Gasteiger partial charge in [0, 0.05) is 11.9 Å². The zero-order valence-corrected chi connectivity index (χ0v) is 11.4. The number of nitrogens with zero attached hydrogens (tertiary/aromatic N) is 5. The predicted molar refractivity (Wildman–Crippen MR) is 81.8 cm³/mol. The normalized spacial score (nSPS) is 9.73. The fraction of sp³-hybridized carbons (Fsp3) is 0. The molecule has 3 rings (SSSR count). The molecule has 0 atom stereocenters. The maximum atomic E-state index is 8.70. The number of hydrogen-bond acceptors (Lipinski definition) is 5. The van der Waals surface area contributed by atoms with Gasteiger partial charge < -0.3 is 5.32 Å². The maximum Gasteiger partial charge on any atom is 0.145 e. The highest BCUT2D eigenvalue weighted by molar-refractivity contribution is 5.78. The number of anilines is 1. The van der Waals surface area contributed by atoms with E-state index in [4.69, 9.17) is 10.5 Å². The molecular formula is C16H10N6. The summed E-state index contributed by atoms with van der Waals surface area (Å²) in [5, 5.41) is 29.1. The molecule has 0 bridgehead atoms. The molecule has 3 aromatic rings. The van der Waals surface area contributed by atoms with Crippen LogP contribution in [0.25, 0.3) is 16.7 Å². The Hall–Kier alpha value is -3.64. The van der Waals surface area contributed by atoms with Crippen LogP contribution in [0.3, 0.4) is 0 Å². The van der Waals surface area contributed by atoms with E-state index >= 15 is 0 Å². The van der Waals surface area contributed by atoms with Gasteiger partial charge in [0.1, 0.15) is 28.7 Å². The highest BCUT2D eigenvalue weighted by Gasteiger charge is 2.05. The van der Waals surface area contributed by atoms with Gasteiger partial charge in [0.15, 0.2) is 0 Å². The van der Waals surface area contributed by atoms with Crippen molar-refractivity contribution in [1.82, 2.24) is 15.0 Å². The molecule has 0 fully saturated rings. The Morgan fingerprint density at radius 3 is 2.45 bits per heavy atom. The third kappa shape index (κ3) is 2.62. The highest BCUT2D eigenvalue weighted by atomic mass is 15.5. The summed E-state index contributed by atoms with van der Waals surface area (Å²) in [4.78, 5) is 1.57. The molecule has 0 aliphatic carbocycles. The standard InChI is InChI=1S/C16H10N6/c17-9-12(10-18)11-19-13-6-7-15-16(8-13)21-22(20-15)14-4-2-1-3-5-14/h1-8,11,19H. The Balaban J connectivity index is 1.93. The second kappa shape index (κ2) is 5.78. The molecule has 1 N–H and O–H groups in total. The average Bonchev–Trinajstić information content (AvgIpc) is 3.00. The summed E-state index contributed by atoms with van der Waals surface area (Å²) in [5.74, 6) is 0. The minimum Gasteiger partial charge on any atom is -0.360 e. The number of allylic oxidation sites excluding steroid dienone is 1. The van der Waals surface area contributed by atoms with Crippen molar-refractivity contribution in [3.05, 3.63) is 60.3 Å². The Morgan fingerprint density at radius 1 is 1.00 bits per heavy atom. The molecule has 0 aliphatic heterocycles. The van der Waals surface area contributed by atoms with Gasteiger partial charge in [-0.3, -0.25) is 0 Å². The summed E-state index contributed by atoms with van der Waals surface area (Å²) in [6.07, 6.45) is 1.36. The molecule has 0 saturated carbocycles. The molecule has 0 amide bonds. The monoisotopic (exact) mass is 286 g/mol. The van der Waals surface area contributed by atoms with Crippen molar-refractivity contribution < 1.29 is 0 Å². The van der Waals surface area contributed by atoms with Crippen molar-refractivity contribution in [2.24, 2.45) is 0 Å². The zero-order valence-electron chi connectivity index (χ0n) is 11.4. The third-order valence-corrected chi connectivity index (χ3v) is 2.99. The Labute approximate surface area is 126 Å². The van der Waals surface area contributed by atoms with Gasteiger partial charge in [-0.15, -0.1) is 10.2 Å². The first kappa shape index (κ1) is 13.3. The van der Waals surface area contributed by atoms with Gasteiger partial charge in [0.25, 0.3) is 0 Å². The van der Waals surface area contributed by atoms with Gasteiger partial charge in [-0.25, -0.2) is 0 Å². The molecule has 2 aromatic carbocycles. The molecule has 1 aromatic heterocycles. The van der Waals surface area contributed by atoms with E-state index in [1.807, 2.05) is 48.5 Å². The summed E-state index contributed by atoms with van der Waals surface area (Å²) in [7, 11) is 0. The minimum absolute atomic E-state index is 0.00744. The largest absolute Gasteiger partial charge is 0.360 e. The van der Waals surface area contributed by atoms with Gasteiger partial charge in [0.05, 0.1) is 5.69 Å². The lowest BCUT2D eigenvalue weighted by Gasteiger charge is -1.98. The second-order valence-corrected chi connectivity index (χ2v) is 4.45. The summed E-state index contributed by atoms with van der Waals surface area (Å²) in [5.41, 5.74) is 3.10. The lowest BCUT2D eigenvalue weighted by atomic mass is 10.2. The first-order chi connectivity index (χ1) is 10.8. The molecule has 0 aliphatic rings. The molecule has 1 heterocycles. The molecule has 6 heteroatoms. The maximum absolute atomic E-state index is 8.70. The van der Waals surface area contributed by atoms with Crippen LogP contribution in [0.1, 0.15) is 0 Å². The van der Waals surface area contributed by atoms with Crippen LogP contribution >= 0.6 is 0 Å². The number of benzene rings is 2. The number of nitrogens with one attached hydrogen (secondary N) is 1. The van der Waals surface area contributed by atoms with Crippen molar-refractivity contribution in [2.75, 3.05) is 5.32 Å². The van der Waals surface area contributed by atoms with Crippen molar-refractivity contribution in [3.8, 4) is 17.8 Å². The first-order valence-corrected chi connectivity index (χ1v) is 6.49. The molecule has 6 nitrogen and oxygen atoms in total. The first-order valence-electron chi connectivity index (χ1n) is 6.49. The number of rotatable bonds is 3. The fourth-order valence-electron chi connectivity index (χ4n) is 1.93. The number of para-hydroxylation sites is 1. The van der Waals surface area contributed by atoms with Crippen LogP contribution in [0.5, 0.6) is 0 Å². The van der Waals surface area contributed by atoms with Gasteiger partial charge in [-0.1, -0.05) is 18.2 Å². The average molecular weight is 286 g/mol. The Bertz CT molecular complexity index is 909. The van der Waals surface area contributed by atoms with Crippen molar-refractivity contribution in [2.45, 2.75) is 0 Å². The molecule has 0 saturated heterocycles. The van der Waals surface area contributed by atoms with E-state index in [0.717, 1.165) is 22.4 Å². The molecule has 104 valence electrons. The van der Waals surface area contributed by atoms with E-state index in [0.29, 0.717) is 0 Å². The molecule has 0 unspecified atom stereocenters. The summed E-state index contributed by atoms with van der Waals surface area (Å²) in [6, 6.07) is 18.7. The van der Waals surface area contributed by atoms with E-state index in [1.165, 1.54) is 6.20 Å². The topological polar surface area (TPSA) is 90.3 Å². The Kier molecular flexibility index (Phi) is 3.51. The number of nitriles is 2. The number of fused-ring (bicyclic) bond motifs is 1. The van der Waals surface area contributed by atoms with Crippen molar-refractivity contribution in [1.29, 1.82) is 10.5 Å². The Morgan fingerprint density at radius 2 is 1.73 bits per heavy atom. The lowest BCUT2D eigenvalue weighted by molar-refractivity contribution is 0.766. The van der Waals surface area contributed by atoms with Crippen LogP contribution in [0.15, 0.2) is 60.3 Å². The minimum atomic E-state index is 0.00744. The number of hydrogen-bond donors (Lipinski definition) is 1. The van der Waals surface area contributed by atoms with Gasteiger partial charge in [0.2, 0.25) is 0 Å². The van der Waals surface area contributed by atoms with Gasteiger partial charge >= 0.3 is 0 Å². The third-order valence-electron chi connectivity index (χ3n) is 2.99. The van der Waals surface area contributed by atoms with Crippen molar-refractivity contribution in [3.63, 3.8) is 0 Å². The van der Waals surface area contributed by atoms with Crippen LogP contribution in [0, 0.1) is 22.7 Å². The highest BCUT2D eigenvalue weighted by Crippen LogP contribution is 2.17.